The maximum atomic E-state index is 13.5. The van der Waals surface area contributed by atoms with E-state index in [1.165, 1.54) is 42.0 Å². The SMILES string of the molecule is CC(C)CN(CC1CN(Cc2ccsc2)CC1c1cccc(C(F)(F)F)c1)C(=O)c1ccc(F)cc1. The van der Waals surface area contributed by atoms with Crippen molar-refractivity contribution in [3.8, 4) is 0 Å². The van der Waals surface area contributed by atoms with Crippen LogP contribution in [0.3, 0.4) is 0 Å². The van der Waals surface area contributed by atoms with Crippen LogP contribution in [0.4, 0.5) is 17.6 Å². The van der Waals surface area contributed by atoms with Crippen LogP contribution in [0.1, 0.15) is 46.8 Å². The zero-order chi connectivity index (χ0) is 25.9. The first-order valence-electron chi connectivity index (χ1n) is 12.1. The molecule has 1 fully saturated rings. The van der Waals surface area contributed by atoms with Gasteiger partial charge in [-0.1, -0.05) is 32.0 Å². The molecule has 4 rings (SSSR count). The van der Waals surface area contributed by atoms with Gasteiger partial charge in [-0.25, -0.2) is 4.39 Å². The molecule has 2 aromatic carbocycles. The molecular formula is C28H30F4N2OS. The zero-order valence-corrected chi connectivity index (χ0v) is 21.2. The number of hydrogen-bond acceptors (Lipinski definition) is 3. The van der Waals surface area contributed by atoms with Crippen LogP contribution in [0.25, 0.3) is 0 Å². The van der Waals surface area contributed by atoms with Crippen molar-refractivity contribution >= 4 is 17.2 Å². The van der Waals surface area contributed by atoms with Gasteiger partial charge in [-0.2, -0.15) is 24.5 Å². The van der Waals surface area contributed by atoms with Crippen LogP contribution >= 0.6 is 11.3 Å². The monoisotopic (exact) mass is 518 g/mol. The molecule has 3 aromatic rings. The fraction of sp³-hybridized carbons (Fsp3) is 0.393. The molecule has 2 unspecified atom stereocenters. The van der Waals surface area contributed by atoms with E-state index in [4.69, 9.17) is 0 Å². The summed E-state index contributed by atoms with van der Waals surface area (Å²) in [5.74, 6) is -0.601. The maximum Gasteiger partial charge on any atom is 0.416 e. The molecule has 1 aliphatic rings. The van der Waals surface area contributed by atoms with Crippen LogP contribution in [-0.4, -0.2) is 41.9 Å². The number of hydrogen-bond donors (Lipinski definition) is 0. The van der Waals surface area contributed by atoms with Crippen molar-refractivity contribution in [2.45, 2.75) is 32.5 Å². The van der Waals surface area contributed by atoms with Gasteiger partial charge in [0, 0.05) is 44.2 Å². The highest BCUT2D eigenvalue weighted by molar-refractivity contribution is 7.07. The molecule has 1 amide bonds. The Bertz CT molecular complexity index is 1150. The number of likely N-dealkylation sites (tertiary alicyclic amines) is 1. The summed E-state index contributed by atoms with van der Waals surface area (Å²) in [6.45, 7) is 6.96. The number of benzene rings is 2. The minimum Gasteiger partial charge on any atom is -0.338 e. The molecule has 1 saturated heterocycles. The molecule has 0 radical (unpaired) electrons. The van der Waals surface area contributed by atoms with Gasteiger partial charge in [-0.3, -0.25) is 9.69 Å². The van der Waals surface area contributed by atoms with E-state index in [2.05, 4.69) is 16.3 Å². The van der Waals surface area contributed by atoms with Crippen LogP contribution in [-0.2, 0) is 12.7 Å². The second-order valence-electron chi connectivity index (χ2n) is 9.93. The quantitative estimate of drug-likeness (QED) is 0.302. The Morgan fingerprint density at radius 3 is 2.50 bits per heavy atom. The summed E-state index contributed by atoms with van der Waals surface area (Å²) in [7, 11) is 0. The zero-order valence-electron chi connectivity index (χ0n) is 20.3. The Labute approximate surface area is 213 Å². The predicted molar refractivity (Wildman–Crippen MR) is 134 cm³/mol. The first-order valence-corrected chi connectivity index (χ1v) is 13.0. The van der Waals surface area contributed by atoms with Gasteiger partial charge in [0.05, 0.1) is 5.56 Å². The minimum absolute atomic E-state index is 0.0460. The standard InChI is InChI=1S/C28H30F4N2OS/c1-19(2)13-34(27(35)21-6-8-25(29)9-7-21)16-23-15-33(14-20-10-11-36-18-20)17-26(23)22-4-3-5-24(12-22)28(30,31)32/h3-12,18-19,23,26H,13-17H2,1-2H3. The van der Waals surface area contributed by atoms with Crippen molar-refractivity contribution in [3.63, 3.8) is 0 Å². The molecule has 0 aliphatic carbocycles. The van der Waals surface area contributed by atoms with Crippen molar-refractivity contribution < 1.29 is 22.4 Å². The number of halogens is 4. The predicted octanol–water partition coefficient (Wildman–Crippen LogP) is 6.92. The van der Waals surface area contributed by atoms with Crippen LogP contribution in [0.2, 0.25) is 0 Å². The lowest BCUT2D eigenvalue weighted by molar-refractivity contribution is -0.137. The van der Waals surface area contributed by atoms with Crippen molar-refractivity contribution in [1.29, 1.82) is 0 Å². The lowest BCUT2D eigenvalue weighted by Gasteiger charge is -2.30. The largest absolute Gasteiger partial charge is 0.416 e. The molecule has 3 nitrogen and oxygen atoms in total. The Kier molecular flexibility index (Phi) is 8.15. The Hall–Kier alpha value is -2.71. The smallest absolute Gasteiger partial charge is 0.338 e. The number of thiophene rings is 1. The van der Waals surface area contributed by atoms with Gasteiger partial charge in [-0.15, -0.1) is 0 Å². The van der Waals surface area contributed by atoms with E-state index in [1.54, 1.807) is 22.3 Å². The summed E-state index contributed by atoms with van der Waals surface area (Å²) in [5.41, 5.74) is 1.56. The van der Waals surface area contributed by atoms with E-state index in [0.29, 0.717) is 43.9 Å². The van der Waals surface area contributed by atoms with Gasteiger partial charge in [0.25, 0.3) is 5.91 Å². The lowest BCUT2D eigenvalue weighted by atomic mass is 9.87. The average molecular weight is 519 g/mol. The molecular weight excluding hydrogens is 488 g/mol. The third-order valence-corrected chi connectivity index (χ3v) is 7.30. The van der Waals surface area contributed by atoms with Gasteiger partial charge in [0.2, 0.25) is 0 Å². The first-order chi connectivity index (χ1) is 17.1. The van der Waals surface area contributed by atoms with E-state index in [1.807, 2.05) is 19.2 Å². The van der Waals surface area contributed by atoms with Gasteiger partial charge in [0.15, 0.2) is 0 Å². The third kappa shape index (κ3) is 6.53. The van der Waals surface area contributed by atoms with Gasteiger partial charge < -0.3 is 4.90 Å². The number of rotatable bonds is 8. The summed E-state index contributed by atoms with van der Waals surface area (Å²) >= 11 is 1.61. The fourth-order valence-electron chi connectivity index (χ4n) is 4.98. The molecule has 2 atom stereocenters. The molecule has 36 heavy (non-hydrogen) atoms. The second kappa shape index (κ2) is 11.1. The highest BCUT2D eigenvalue weighted by Gasteiger charge is 2.38. The van der Waals surface area contributed by atoms with Crippen molar-refractivity contribution in [2.75, 3.05) is 26.2 Å². The fourth-order valence-corrected chi connectivity index (χ4v) is 5.64. The lowest BCUT2D eigenvalue weighted by Crippen LogP contribution is -2.39. The third-order valence-electron chi connectivity index (χ3n) is 6.56. The Morgan fingerprint density at radius 2 is 1.86 bits per heavy atom. The number of amides is 1. The molecule has 192 valence electrons. The van der Waals surface area contributed by atoms with Gasteiger partial charge in [-0.05, 0) is 70.1 Å². The molecule has 0 N–H and O–H groups in total. The molecule has 8 heteroatoms. The van der Waals surface area contributed by atoms with Crippen LogP contribution in [0, 0.1) is 17.7 Å². The summed E-state index contributed by atoms with van der Waals surface area (Å²) in [5, 5.41) is 4.09. The molecule has 0 spiro atoms. The molecule has 0 saturated carbocycles. The summed E-state index contributed by atoms with van der Waals surface area (Å²) in [4.78, 5) is 17.4. The number of carbonyl (C=O) groups is 1. The van der Waals surface area contributed by atoms with E-state index >= 15 is 0 Å². The Morgan fingerprint density at radius 1 is 1.11 bits per heavy atom. The minimum atomic E-state index is -4.41. The van der Waals surface area contributed by atoms with E-state index in [-0.39, 0.29) is 23.7 Å². The van der Waals surface area contributed by atoms with Gasteiger partial charge >= 0.3 is 6.18 Å². The van der Waals surface area contributed by atoms with Gasteiger partial charge in [0.1, 0.15) is 5.82 Å². The highest BCUT2D eigenvalue weighted by atomic mass is 32.1. The normalized spacial score (nSPS) is 18.6. The van der Waals surface area contributed by atoms with Crippen molar-refractivity contribution in [2.24, 2.45) is 11.8 Å². The van der Waals surface area contributed by atoms with Crippen LogP contribution in [0.15, 0.2) is 65.4 Å². The average Bonchev–Trinajstić information content (AvgIpc) is 3.48. The Balaban J connectivity index is 1.62. The van der Waals surface area contributed by atoms with Crippen LogP contribution in [0.5, 0.6) is 0 Å². The molecule has 2 heterocycles. The molecule has 1 aromatic heterocycles. The van der Waals surface area contributed by atoms with E-state index in [0.717, 1.165) is 6.07 Å². The topological polar surface area (TPSA) is 23.6 Å². The van der Waals surface area contributed by atoms with Crippen molar-refractivity contribution in [1.82, 2.24) is 9.80 Å². The number of carbonyl (C=O) groups excluding carboxylic acids is 1. The maximum absolute atomic E-state index is 13.5. The van der Waals surface area contributed by atoms with Crippen molar-refractivity contribution in [3.05, 3.63) is 93.4 Å². The van der Waals surface area contributed by atoms with E-state index < -0.39 is 17.6 Å². The summed E-state index contributed by atoms with van der Waals surface area (Å²) in [6.07, 6.45) is -4.41. The number of alkyl halides is 3. The first kappa shape index (κ1) is 26.4. The second-order valence-corrected chi connectivity index (χ2v) is 10.7. The van der Waals surface area contributed by atoms with Crippen LogP contribution < -0.4 is 0 Å². The summed E-state index contributed by atoms with van der Waals surface area (Å²) < 4.78 is 53.8. The highest BCUT2D eigenvalue weighted by Crippen LogP contribution is 2.37. The molecule has 0 bridgehead atoms. The van der Waals surface area contributed by atoms with E-state index in [9.17, 15) is 22.4 Å². The molecule has 1 aliphatic heterocycles. The summed E-state index contributed by atoms with van der Waals surface area (Å²) in [6, 6.07) is 13.1. The number of nitrogens with zero attached hydrogens (tertiary/aromatic N) is 2.